The van der Waals surface area contributed by atoms with Crippen LogP contribution in [-0.2, 0) is 16.2 Å². The second kappa shape index (κ2) is 11.8. The Morgan fingerprint density at radius 2 is 1.87 bits per heavy atom. The number of nitro benzene ring substituents is 1. The standard InChI is InChI=1S/C28H25N3O7S/c1-17-7-9-22(18(2)11-17)29-26(32)15-30-27(33)25(39-28(30)34)14-19-8-10-23(24(13-19)37-3)38-16-20-5-4-6-21(12-20)31(35)36/h4-14H,15-16H2,1-3H3,(H,29,32)/b25-14+. The van der Waals surface area contributed by atoms with Gasteiger partial charge in [0.25, 0.3) is 16.8 Å². The first-order valence-corrected chi connectivity index (χ1v) is 12.6. The zero-order valence-corrected chi connectivity index (χ0v) is 22.2. The number of ether oxygens (including phenoxy) is 2. The number of amides is 3. The zero-order chi connectivity index (χ0) is 28.1. The quantitative estimate of drug-likeness (QED) is 0.212. The number of methoxy groups -OCH3 is 1. The van der Waals surface area contributed by atoms with Crippen LogP contribution in [0.4, 0.5) is 16.2 Å². The molecule has 0 bridgehead atoms. The lowest BCUT2D eigenvalue weighted by atomic mass is 10.1. The molecule has 3 amide bonds. The molecular formula is C28H25N3O7S. The highest BCUT2D eigenvalue weighted by atomic mass is 32.2. The predicted octanol–water partition coefficient (Wildman–Crippen LogP) is 5.47. The molecule has 0 radical (unpaired) electrons. The summed E-state index contributed by atoms with van der Waals surface area (Å²) in [7, 11) is 1.46. The molecule has 0 aromatic heterocycles. The van der Waals surface area contributed by atoms with Gasteiger partial charge in [-0.15, -0.1) is 0 Å². The van der Waals surface area contributed by atoms with Crippen molar-refractivity contribution in [3.8, 4) is 11.5 Å². The summed E-state index contributed by atoms with van der Waals surface area (Å²) in [4.78, 5) is 49.6. The first-order valence-electron chi connectivity index (χ1n) is 11.8. The lowest BCUT2D eigenvalue weighted by molar-refractivity contribution is -0.384. The van der Waals surface area contributed by atoms with Crippen LogP contribution < -0.4 is 14.8 Å². The second-order valence-electron chi connectivity index (χ2n) is 8.76. The van der Waals surface area contributed by atoms with Crippen LogP contribution in [0.15, 0.2) is 65.6 Å². The van der Waals surface area contributed by atoms with E-state index in [0.29, 0.717) is 28.3 Å². The van der Waals surface area contributed by atoms with E-state index in [1.54, 1.807) is 42.5 Å². The minimum Gasteiger partial charge on any atom is -0.493 e. The molecule has 11 heteroatoms. The number of carbonyl (C=O) groups is 3. The lowest BCUT2D eigenvalue weighted by Crippen LogP contribution is -2.36. The van der Waals surface area contributed by atoms with Crippen LogP contribution >= 0.6 is 11.8 Å². The molecule has 1 aliphatic rings. The summed E-state index contributed by atoms with van der Waals surface area (Å²) < 4.78 is 11.2. The number of imide groups is 1. The third-order valence-corrected chi connectivity index (χ3v) is 6.74. The minimum atomic E-state index is -0.564. The van der Waals surface area contributed by atoms with Crippen molar-refractivity contribution in [2.45, 2.75) is 20.5 Å². The maximum atomic E-state index is 12.9. The molecule has 10 nitrogen and oxygen atoms in total. The summed E-state index contributed by atoms with van der Waals surface area (Å²) in [5.74, 6) is -0.262. The smallest absolute Gasteiger partial charge is 0.294 e. The van der Waals surface area contributed by atoms with Crippen molar-refractivity contribution >= 4 is 46.3 Å². The normalized spacial score (nSPS) is 14.0. The molecule has 39 heavy (non-hydrogen) atoms. The number of aryl methyl sites for hydroxylation is 2. The van der Waals surface area contributed by atoms with Crippen molar-refractivity contribution in [1.82, 2.24) is 4.90 Å². The van der Waals surface area contributed by atoms with Gasteiger partial charge < -0.3 is 14.8 Å². The van der Waals surface area contributed by atoms with Crippen molar-refractivity contribution in [3.05, 3.63) is 97.9 Å². The van der Waals surface area contributed by atoms with Crippen molar-refractivity contribution < 1.29 is 28.8 Å². The molecule has 1 heterocycles. The van der Waals surface area contributed by atoms with Gasteiger partial charge in [-0.1, -0.05) is 35.9 Å². The average molecular weight is 548 g/mol. The van der Waals surface area contributed by atoms with E-state index < -0.39 is 28.5 Å². The van der Waals surface area contributed by atoms with Gasteiger partial charge in [-0.05, 0) is 66.6 Å². The molecule has 3 aromatic rings. The first kappa shape index (κ1) is 27.4. The van der Waals surface area contributed by atoms with E-state index in [2.05, 4.69) is 5.32 Å². The van der Waals surface area contributed by atoms with E-state index in [9.17, 15) is 24.5 Å². The fourth-order valence-corrected chi connectivity index (χ4v) is 4.73. The highest BCUT2D eigenvalue weighted by molar-refractivity contribution is 8.18. The number of non-ortho nitro benzene ring substituents is 1. The Kier molecular flexibility index (Phi) is 8.30. The van der Waals surface area contributed by atoms with Crippen LogP contribution in [-0.4, -0.2) is 40.5 Å². The number of nitrogens with one attached hydrogen (secondary N) is 1. The Labute approximate surface area is 228 Å². The Balaban J connectivity index is 1.43. The number of benzene rings is 3. The topological polar surface area (TPSA) is 128 Å². The third-order valence-electron chi connectivity index (χ3n) is 5.83. The third kappa shape index (κ3) is 6.63. The molecule has 1 fully saturated rings. The van der Waals surface area contributed by atoms with Crippen molar-refractivity contribution in [2.75, 3.05) is 19.0 Å². The van der Waals surface area contributed by atoms with E-state index in [-0.39, 0.29) is 17.2 Å². The Morgan fingerprint density at radius 3 is 2.59 bits per heavy atom. The highest BCUT2D eigenvalue weighted by Crippen LogP contribution is 2.35. The number of thioether (sulfide) groups is 1. The minimum absolute atomic E-state index is 0.0323. The summed E-state index contributed by atoms with van der Waals surface area (Å²) in [5, 5.41) is 13.2. The summed E-state index contributed by atoms with van der Waals surface area (Å²) in [6.45, 7) is 3.50. The second-order valence-corrected chi connectivity index (χ2v) is 9.75. The van der Waals surface area contributed by atoms with Crippen LogP contribution in [0.5, 0.6) is 11.5 Å². The summed E-state index contributed by atoms with van der Waals surface area (Å²) in [5.41, 5.74) is 3.72. The molecule has 200 valence electrons. The fourth-order valence-electron chi connectivity index (χ4n) is 3.89. The monoisotopic (exact) mass is 547 g/mol. The zero-order valence-electron chi connectivity index (χ0n) is 21.4. The Hall–Kier alpha value is -4.64. The van der Waals surface area contributed by atoms with Crippen molar-refractivity contribution in [2.24, 2.45) is 0 Å². The molecule has 4 rings (SSSR count). The maximum Gasteiger partial charge on any atom is 0.294 e. The number of nitro groups is 1. The van der Waals surface area contributed by atoms with Gasteiger partial charge in [0, 0.05) is 17.8 Å². The van der Waals surface area contributed by atoms with Crippen LogP contribution in [0.3, 0.4) is 0 Å². The van der Waals surface area contributed by atoms with Crippen LogP contribution in [0.1, 0.15) is 22.3 Å². The largest absolute Gasteiger partial charge is 0.493 e. The number of nitrogens with zero attached hydrogens (tertiary/aromatic N) is 2. The van der Waals surface area contributed by atoms with Crippen LogP contribution in [0, 0.1) is 24.0 Å². The Bertz CT molecular complexity index is 1500. The molecule has 0 aliphatic carbocycles. The maximum absolute atomic E-state index is 12.9. The number of anilines is 1. The summed E-state index contributed by atoms with van der Waals surface area (Å²) >= 11 is 0.750. The van der Waals surface area contributed by atoms with Gasteiger partial charge >= 0.3 is 0 Å². The SMILES string of the molecule is COc1cc(/C=C2/SC(=O)N(CC(=O)Nc3ccc(C)cc3C)C2=O)ccc1OCc1cccc([N+](=O)[O-])c1. The number of carbonyl (C=O) groups excluding carboxylic acids is 3. The van der Waals surface area contributed by atoms with Crippen molar-refractivity contribution in [1.29, 1.82) is 0 Å². The van der Waals surface area contributed by atoms with Gasteiger partial charge in [0.05, 0.1) is 16.9 Å². The van der Waals surface area contributed by atoms with Gasteiger partial charge in [0.2, 0.25) is 5.91 Å². The Morgan fingerprint density at radius 1 is 1.08 bits per heavy atom. The van der Waals surface area contributed by atoms with E-state index in [1.807, 2.05) is 26.0 Å². The van der Waals surface area contributed by atoms with Crippen LogP contribution in [0.25, 0.3) is 6.08 Å². The summed E-state index contributed by atoms with van der Waals surface area (Å²) in [6.07, 6.45) is 1.54. The van der Waals surface area contributed by atoms with E-state index in [1.165, 1.54) is 19.2 Å². The van der Waals surface area contributed by atoms with E-state index in [4.69, 9.17) is 9.47 Å². The van der Waals surface area contributed by atoms with Gasteiger partial charge in [0.1, 0.15) is 13.2 Å². The molecule has 0 unspecified atom stereocenters. The molecule has 0 atom stereocenters. The van der Waals surface area contributed by atoms with Gasteiger partial charge in [-0.25, -0.2) is 0 Å². The molecular weight excluding hydrogens is 522 g/mol. The summed E-state index contributed by atoms with van der Waals surface area (Å²) in [6, 6.07) is 16.7. The number of rotatable bonds is 9. The molecule has 3 aromatic carbocycles. The van der Waals surface area contributed by atoms with Gasteiger partial charge in [-0.3, -0.25) is 29.4 Å². The highest BCUT2D eigenvalue weighted by Gasteiger charge is 2.36. The lowest BCUT2D eigenvalue weighted by Gasteiger charge is -2.14. The molecule has 0 saturated carbocycles. The molecule has 1 aliphatic heterocycles. The predicted molar refractivity (Wildman–Crippen MR) is 148 cm³/mol. The van der Waals surface area contributed by atoms with E-state index >= 15 is 0 Å². The van der Waals surface area contributed by atoms with Gasteiger partial charge in [-0.2, -0.15) is 0 Å². The van der Waals surface area contributed by atoms with Gasteiger partial charge in [0.15, 0.2) is 11.5 Å². The van der Waals surface area contributed by atoms with Crippen molar-refractivity contribution in [3.63, 3.8) is 0 Å². The molecule has 0 spiro atoms. The van der Waals surface area contributed by atoms with E-state index in [0.717, 1.165) is 27.8 Å². The number of hydrogen-bond donors (Lipinski definition) is 1. The number of hydrogen-bond acceptors (Lipinski definition) is 8. The molecule has 1 saturated heterocycles. The first-order chi connectivity index (χ1) is 18.6. The average Bonchev–Trinajstić information content (AvgIpc) is 3.16. The molecule has 1 N–H and O–H groups in total. The fraction of sp³-hybridized carbons (Fsp3) is 0.179. The van der Waals surface area contributed by atoms with Crippen LogP contribution in [0.2, 0.25) is 0 Å².